The number of hydrogen-bond acceptors (Lipinski definition) is 5. The lowest BCUT2D eigenvalue weighted by Crippen LogP contribution is -2.67. The number of aliphatic hydroxyl groups is 5. The van der Waals surface area contributed by atoms with E-state index in [-0.39, 0.29) is 34.7 Å². The van der Waals surface area contributed by atoms with Crippen LogP contribution in [0.25, 0.3) is 0 Å². The van der Waals surface area contributed by atoms with Gasteiger partial charge in [0.05, 0.1) is 30.5 Å². The summed E-state index contributed by atoms with van der Waals surface area (Å²) in [6.45, 7) is 4.27. The van der Waals surface area contributed by atoms with Gasteiger partial charge in [0.25, 0.3) is 0 Å². The van der Waals surface area contributed by atoms with Gasteiger partial charge in [0.2, 0.25) is 0 Å². The fourth-order valence-corrected chi connectivity index (χ4v) is 7.30. The predicted octanol–water partition coefficient (Wildman–Crippen LogP) is 0.663. The molecule has 0 bridgehead atoms. The molecule has 0 unspecified atom stereocenters. The van der Waals surface area contributed by atoms with Gasteiger partial charge in [-0.3, -0.25) is 0 Å². The highest BCUT2D eigenvalue weighted by molar-refractivity contribution is 5.15. The Morgan fingerprint density at radius 3 is 2.00 bits per heavy atom. The molecule has 0 aromatic rings. The molecule has 4 saturated carbocycles. The van der Waals surface area contributed by atoms with Crippen molar-refractivity contribution in [1.29, 1.82) is 0 Å². The number of rotatable bonds is 0. The highest BCUT2D eigenvalue weighted by Crippen LogP contribution is 2.66. The molecule has 4 fully saturated rings. The van der Waals surface area contributed by atoms with Gasteiger partial charge < -0.3 is 25.5 Å². The van der Waals surface area contributed by atoms with E-state index in [1.165, 1.54) is 0 Å². The Balaban J connectivity index is 1.74. The van der Waals surface area contributed by atoms with Crippen molar-refractivity contribution in [2.75, 3.05) is 0 Å². The second kappa shape index (κ2) is 5.40. The van der Waals surface area contributed by atoms with Gasteiger partial charge in [0.1, 0.15) is 0 Å². The quantitative estimate of drug-likeness (QED) is 0.446. The molecular weight excluding hydrogens is 308 g/mol. The molecule has 4 rings (SSSR count). The van der Waals surface area contributed by atoms with Gasteiger partial charge in [-0.25, -0.2) is 0 Å². The van der Waals surface area contributed by atoms with Crippen LogP contribution >= 0.6 is 0 Å². The maximum Gasteiger partial charge on any atom is 0.0861 e. The van der Waals surface area contributed by atoms with Gasteiger partial charge in [-0.1, -0.05) is 13.8 Å². The summed E-state index contributed by atoms with van der Waals surface area (Å²) < 4.78 is 0. The Labute approximate surface area is 143 Å². The molecule has 5 nitrogen and oxygen atoms in total. The minimum Gasteiger partial charge on any atom is -0.393 e. The van der Waals surface area contributed by atoms with E-state index in [2.05, 4.69) is 13.8 Å². The van der Waals surface area contributed by atoms with Crippen molar-refractivity contribution in [3.63, 3.8) is 0 Å². The average Bonchev–Trinajstić information content (AvgIpc) is 2.84. The molecule has 0 aromatic carbocycles. The SMILES string of the molecule is C[C@]12CC[C@@H](O)[C@H](O)[C@@H]1[C@@H](O)[C@H](O)[C@@H]1[C@@H]2CC[C@]2(C)[C@@H](O)CC[C@@H]12. The smallest absolute Gasteiger partial charge is 0.0861 e. The number of hydrogen-bond donors (Lipinski definition) is 5. The summed E-state index contributed by atoms with van der Waals surface area (Å²) in [6.07, 6.45) is 0.820. The molecule has 4 aliphatic carbocycles. The van der Waals surface area contributed by atoms with Crippen molar-refractivity contribution < 1.29 is 25.5 Å². The summed E-state index contributed by atoms with van der Waals surface area (Å²) in [5, 5.41) is 52.9. The third kappa shape index (κ3) is 1.99. The van der Waals surface area contributed by atoms with E-state index in [4.69, 9.17) is 0 Å². The molecule has 5 heteroatoms. The van der Waals surface area contributed by atoms with Gasteiger partial charge in [0.15, 0.2) is 0 Å². The lowest BCUT2D eigenvalue weighted by atomic mass is 9.43. The van der Waals surface area contributed by atoms with E-state index < -0.39 is 30.3 Å². The minimum absolute atomic E-state index is 0.0282. The van der Waals surface area contributed by atoms with E-state index in [1.807, 2.05) is 0 Å². The summed E-state index contributed by atoms with van der Waals surface area (Å²) in [4.78, 5) is 0. The molecule has 11 atom stereocenters. The first kappa shape index (κ1) is 17.2. The molecule has 0 aromatic heterocycles. The first-order chi connectivity index (χ1) is 11.2. The van der Waals surface area contributed by atoms with E-state index in [1.54, 1.807) is 0 Å². The van der Waals surface area contributed by atoms with Crippen molar-refractivity contribution >= 4 is 0 Å². The third-order valence-corrected chi connectivity index (χ3v) is 8.74. The van der Waals surface area contributed by atoms with Crippen LogP contribution in [0.5, 0.6) is 0 Å². The molecule has 138 valence electrons. The lowest BCUT2D eigenvalue weighted by molar-refractivity contribution is -0.252. The summed E-state index contributed by atoms with van der Waals surface area (Å²) in [7, 11) is 0. The molecule has 0 amide bonds. The number of fused-ring (bicyclic) bond motifs is 5. The lowest BCUT2D eigenvalue weighted by Gasteiger charge is -2.64. The fraction of sp³-hybridized carbons (Fsp3) is 1.00. The summed E-state index contributed by atoms with van der Waals surface area (Å²) in [6, 6.07) is 0. The van der Waals surface area contributed by atoms with Crippen molar-refractivity contribution in [3.8, 4) is 0 Å². The Kier molecular flexibility index (Phi) is 3.87. The normalized spacial score (nSPS) is 63.4. The molecule has 5 N–H and O–H groups in total. The highest BCUT2D eigenvalue weighted by Gasteiger charge is 2.66. The summed E-state index contributed by atoms with van der Waals surface area (Å²) in [5.74, 6) is -0.0585. The van der Waals surface area contributed by atoms with Gasteiger partial charge in [0, 0.05) is 5.92 Å². The average molecular weight is 340 g/mol. The van der Waals surface area contributed by atoms with E-state index in [9.17, 15) is 25.5 Å². The molecule has 0 radical (unpaired) electrons. The van der Waals surface area contributed by atoms with Crippen LogP contribution in [-0.2, 0) is 0 Å². The minimum atomic E-state index is -1.01. The van der Waals surface area contributed by atoms with E-state index in [0.29, 0.717) is 6.42 Å². The first-order valence-electron chi connectivity index (χ1n) is 9.62. The zero-order valence-corrected chi connectivity index (χ0v) is 14.7. The van der Waals surface area contributed by atoms with Crippen LogP contribution in [0.15, 0.2) is 0 Å². The number of aliphatic hydroxyl groups excluding tert-OH is 5. The Bertz CT molecular complexity index is 512. The zero-order chi connectivity index (χ0) is 17.4. The van der Waals surface area contributed by atoms with Crippen LogP contribution in [-0.4, -0.2) is 56.1 Å². The van der Waals surface area contributed by atoms with Crippen LogP contribution in [0.2, 0.25) is 0 Å². The van der Waals surface area contributed by atoms with Gasteiger partial charge in [-0.05, 0) is 67.1 Å². The maximum atomic E-state index is 11.0. The second-order valence-corrected chi connectivity index (χ2v) is 9.54. The molecule has 24 heavy (non-hydrogen) atoms. The van der Waals surface area contributed by atoms with E-state index in [0.717, 1.165) is 32.1 Å². The van der Waals surface area contributed by atoms with Crippen molar-refractivity contribution in [3.05, 3.63) is 0 Å². The topological polar surface area (TPSA) is 101 Å². The fourth-order valence-electron chi connectivity index (χ4n) is 7.30. The van der Waals surface area contributed by atoms with Crippen LogP contribution in [0, 0.1) is 34.5 Å². The molecule has 0 heterocycles. The van der Waals surface area contributed by atoms with Crippen LogP contribution in [0.1, 0.15) is 52.4 Å². The highest BCUT2D eigenvalue weighted by atomic mass is 16.3. The monoisotopic (exact) mass is 340 g/mol. The molecule has 0 aliphatic heterocycles. The van der Waals surface area contributed by atoms with Crippen molar-refractivity contribution in [2.45, 2.75) is 82.9 Å². The van der Waals surface area contributed by atoms with Crippen LogP contribution < -0.4 is 0 Å². The van der Waals surface area contributed by atoms with Crippen LogP contribution in [0.4, 0.5) is 0 Å². The zero-order valence-electron chi connectivity index (χ0n) is 14.7. The van der Waals surface area contributed by atoms with Crippen molar-refractivity contribution in [1.82, 2.24) is 0 Å². The third-order valence-electron chi connectivity index (χ3n) is 8.74. The molecule has 4 aliphatic rings. The molecular formula is C19H32O5. The molecule has 0 saturated heterocycles. The Morgan fingerprint density at radius 1 is 0.667 bits per heavy atom. The summed E-state index contributed by atoms with van der Waals surface area (Å²) >= 11 is 0. The second-order valence-electron chi connectivity index (χ2n) is 9.54. The first-order valence-corrected chi connectivity index (χ1v) is 9.62. The van der Waals surface area contributed by atoms with Crippen molar-refractivity contribution in [2.24, 2.45) is 34.5 Å². The van der Waals surface area contributed by atoms with Gasteiger partial charge >= 0.3 is 0 Å². The largest absolute Gasteiger partial charge is 0.393 e. The van der Waals surface area contributed by atoms with Gasteiger partial charge in [-0.15, -0.1) is 0 Å². The van der Waals surface area contributed by atoms with Crippen LogP contribution in [0.3, 0.4) is 0 Å². The molecule has 0 spiro atoms. The maximum absolute atomic E-state index is 11.0. The Morgan fingerprint density at radius 2 is 1.29 bits per heavy atom. The standard InChI is InChI=1S/C19H32O5/c1-18-7-5-10-13(9(18)3-4-12(18)21)16(23)17(24)14-15(22)11(20)6-8-19(10,14)2/h9-17,20-24H,3-8H2,1-2H3/t9-,10-,11+,12-,13-,14+,15-,16+,17+,18-,19+/m0/s1. The summed E-state index contributed by atoms with van der Waals surface area (Å²) in [5.41, 5.74) is -0.436. The van der Waals surface area contributed by atoms with Gasteiger partial charge in [-0.2, -0.15) is 0 Å². The predicted molar refractivity (Wildman–Crippen MR) is 87.9 cm³/mol. The Hall–Kier alpha value is -0.200. The van der Waals surface area contributed by atoms with E-state index >= 15 is 0 Å².